The zero-order valence-corrected chi connectivity index (χ0v) is 10.6. The molecule has 0 radical (unpaired) electrons. The number of halogens is 1. The molecule has 1 aliphatic rings. The highest BCUT2D eigenvalue weighted by molar-refractivity contribution is 6.00. The topological polar surface area (TPSA) is 67.2 Å². The summed E-state index contributed by atoms with van der Waals surface area (Å²) >= 11 is 0. The molecule has 0 saturated heterocycles. The quantitative estimate of drug-likeness (QED) is 0.566. The molecule has 2 rings (SSSR count). The number of nitrogens with two attached hydrogens (primary N) is 1. The molecule has 4 N–H and O–H groups in total. The van der Waals surface area contributed by atoms with Crippen LogP contribution in [0.1, 0.15) is 37.0 Å². The number of carbonyl (C=O) groups excluding carboxylic acids is 1. The standard InChI is InChI=1S/C13H18FN3O/c1-13(2,8-6-7-8)16-12(18)9-4-3-5-10(14)11(9)17-15/h3-5,8,17H,6-7,15H2,1-2H3,(H,16,18). The van der Waals surface area contributed by atoms with Crippen molar-refractivity contribution < 1.29 is 9.18 Å². The lowest BCUT2D eigenvalue weighted by atomic mass is 9.98. The van der Waals surface area contributed by atoms with Gasteiger partial charge in [0.2, 0.25) is 0 Å². The van der Waals surface area contributed by atoms with Crippen molar-refractivity contribution in [3.05, 3.63) is 29.6 Å². The lowest BCUT2D eigenvalue weighted by Crippen LogP contribution is -2.45. The van der Waals surface area contributed by atoms with Crippen molar-refractivity contribution in [1.82, 2.24) is 5.32 Å². The Hall–Kier alpha value is -1.62. The molecule has 0 bridgehead atoms. The number of rotatable bonds is 4. The van der Waals surface area contributed by atoms with E-state index in [0.29, 0.717) is 5.92 Å². The normalized spacial score (nSPS) is 15.3. The van der Waals surface area contributed by atoms with Gasteiger partial charge in [0.05, 0.1) is 11.3 Å². The van der Waals surface area contributed by atoms with Crippen molar-refractivity contribution in [1.29, 1.82) is 0 Å². The Morgan fingerprint density at radius 3 is 2.67 bits per heavy atom. The van der Waals surface area contributed by atoms with Gasteiger partial charge in [-0.05, 0) is 44.7 Å². The predicted molar refractivity (Wildman–Crippen MR) is 68.5 cm³/mol. The molecule has 18 heavy (non-hydrogen) atoms. The Labute approximate surface area is 106 Å². The largest absolute Gasteiger partial charge is 0.347 e. The van der Waals surface area contributed by atoms with Gasteiger partial charge in [0.15, 0.2) is 0 Å². The first-order valence-electron chi connectivity index (χ1n) is 6.03. The molecule has 1 aromatic rings. The summed E-state index contributed by atoms with van der Waals surface area (Å²) in [4.78, 5) is 12.2. The number of nitrogen functional groups attached to an aromatic ring is 1. The first kappa shape index (κ1) is 12.8. The SMILES string of the molecule is CC(C)(NC(=O)c1cccc(F)c1NN)C1CC1. The van der Waals surface area contributed by atoms with Crippen molar-refractivity contribution in [3.63, 3.8) is 0 Å². The van der Waals surface area contributed by atoms with Gasteiger partial charge in [-0.3, -0.25) is 10.6 Å². The number of hydrazine groups is 1. The third-order valence-corrected chi connectivity index (χ3v) is 3.44. The van der Waals surface area contributed by atoms with Gasteiger partial charge in [-0.15, -0.1) is 0 Å². The zero-order valence-electron chi connectivity index (χ0n) is 10.6. The second-order valence-electron chi connectivity index (χ2n) is 5.26. The summed E-state index contributed by atoms with van der Waals surface area (Å²) in [5, 5.41) is 2.94. The molecule has 0 aliphatic heterocycles. The molecule has 1 amide bonds. The Bertz CT molecular complexity index is 469. The van der Waals surface area contributed by atoms with Crippen LogP contribution in [-0.2, 0) is 0 Å². The maximum atomic E-state index is 13.5. The minimum atomic E-state index is -0.533. The van der Waals surface area contributed by atoms with Gasteiger partial charge in [-0.1, -0.05) is 6.07 Å². The Morgan fingerprint density at radius 1 is 1.44 bits per heavy atom. The van der Waals surface area contributed by atoms with Crippen LogP contribution in [0.25, 0.3) is 0 Å². The van der Waals surface area contributed by atoms with Gasteiger partial charge >= 0.3 is 0 Å². The van der Waals surface area contributed by atoms with Crippen LogP contribution in [-0.4, -0.2) is 11.4 Å². The van der Waals surface area contributed by atoms with E-state index in [9.17, 15) is 9.18 Å². The number of para-hydroxylation sites is 1. The number of nitrogens with one attached hydrogen (secondary N) is 2. The van der Waals surface area contributed by atoms with Crippen molar-refractivity contribution >= 4 is 11.6 Å². The lowest BCUT2D eigenvalue weighted by Gasteiger charge is -2.26. The van der Waals surface area contributed by atoms with Gasteiger partial charge in [0.1, 0.15) is 5.82 Å². The Balaban J connectivity index is 2.21. The predicted octanol–water partition coefficient (Wildman–Crippen LogP) is 2.03. The van der Waals surface area contributed by atoms with Crippen molar-refractivity contribution in [3.8, 4) is 0 Å². The van der Waals surface area contributed by atoms with E-state index >= 15 is 0 Å². The van der Waals surface area contributed by atoms with Crippen LogP contribution < -0.4 is 16.6 Å². The highest BCUT2D eigenvalue weighted by Crippen LogP contribution is 2.39. The first-order valence-corrected chi connectivity index (χ1v) is 6.03. The van der Waals surface area contributed by atoms with Gasteiger partial charge in [0.25, 0.3) is 5.91 Å². The average Bonchev–Trinajstić information content (AvgIpc) is 3.12. The average molecular weight is 251 g/mol. The van der Waals surface area contributed by atoms with Crippen LogP contribution in [0.5, 0.6) is 0 Å². The van der Waals surface area contributed by atoms with E-state index in [2.05, 4.69) is 10.7 Å². The summed E-state index contributed by atoms with van der Waals surface area (Å²) in [6.45, 7) is 3.97. The third-order valence-electron chi connectivity index (χ3n) is 3.44. The first-order chi connectivity index (χ1) is 8.45. The maximum absolute atomic E-state index is 13.5. The van der Waals surface area contributed by atoms with E-state index in [4.69, 9.17) is 5.84 Å². The summed E-state index contributed by atoms with van der Waals surface area (Å²) in [6, 6.07) is 4.31. The minimum Gasteiger partial charge on any atom is -0.347 e. The van der Waals surface area contributed by atoms with Gasteiger partial charge in [0, 0.05) is 5.54 Å². The number of benzene rings is 1. The highest BCUT2D eigenvalue weighted by atomic mass is 19.1. The molecule has 1 saturated carbocycles. The van der Waals surface area contributed by atoms with Crippen LogP contribution in [0.3, 0.4) is 0 Å². The minimum absolute atomic E-state index is 0.0293. The molecule has 0 heterocycles. The molecular formula is C13H18FN3O. The smallest absolute Gasteiger partial charge is 0.253 e. The van der Waals surface area contributed by atoms with Crippen molar-refractivity contribution in [2.24, 2.45) is 11.8 Å². The molecule has 1 fully saturated rings. The summed E-state index contributed by atoms with van der Waals surface area (Å²) in [6.07, 6.45) is 2.25. The molecular weight excluding hydrogens is 233 g/mol. The van der Waals surface area contributed by atoms with Crippen molar-refractivity contribution in [2.45, 2.75) is 32.2 Å². The summed E-state index contributed by atoms with van der Waals surface area (Å²) in [7, 11) is 0. The molecule has 0 unspecified atom stereocenters. The highest BCUT2D eigenvalue weighted by Gasteiger charge is 2.39. The van der Waals surface area contributed by atoms with Crippen LogP contribution in [0.15, 0.2) is 18.2 Å². The monoisotopic (exact) mass is 251 g/mol. The van der Waals surface area contributed by atoms with Gasteiger partial charge < -0.3 is 10.7 Å². The Morgan fingerprint density at radius 2 is 2.11 bits per heavy atom. The summed E-state index contributed by atoms with van der Waals surface area (Å²) in [5.41, 5.74) is 2.23. The fraction of sp³-hybridized carbons (Fsp3) is 0.462. The molecule has 1 aliphatic carbocycles. The fourth-order valence-electron chi connectivity index (χ4n) is 2.13. The number of amides is 1. The molecule has 0 atom stereocenters. The van der Waals surface area contributed by atoms with E-state index in [-0.39, 0.29) is 22.7 Å². The van der Waals surface area contributed by atoms with Crippen LogP contribution >= 0.6 is 0 Å². The molecule has 1 aromatic carbocycles. The van der Waals surface area contributed by atoms with E-state index in [0.717, 1.165) is 12.8 Å². The number of anilines is 1. The van der Waals surface area contributed by atoms with Crippen LogP contribution in [0.4, 0.5) is 10.1 Å². The molecule has 5 heteroatoms. The van der Waals surface area contributed by atoms with E-state index < -0.39 is 5.82 Å². The Kier molecular flexibility index (Phi) is 3.26. The third kappa shape index (κ3) is 2.46. The second kappa shape index (κ2) is 4.57. The maximum Gasteiger partial charge on any atom is 0.253 e. The van der Waals surface area contributed by atoms with Crippen LogP contribution in [0, 0.1) is 11.7 Å². The molecule has 4 nitrogen and oxygen atoms in total. The second-order valence-corrected chi connectivity index (χ2v) is 5.26. The van der Waals surface area contributed by atoms with Gasteiger partial charge in [-0.2, -0.15) is 0 Å². The molecule has 0 aromatic heterocycles. The number of hydrogen-bond donors (Lipinski definition) is 3. The lowest BCUT2D eigenvalue weighted by molar-refractivity contribution is 0.0904. The van der Waals surface area contributed by atoms with Gasteiger partial charge in [-0.25, -0.2) is 4.39 Å². The fourth-order valence-corrected chi connectivity index (χ4v) is 2.13. The zero-order chi connectivity index (χ0) is 13.3. The van der Waals surface area contributed by atoms with E-state index in [1.54, 1.807) is 6.07 Å². The van der Waals surface area contributed by atoms with Crippen LogP contribution in [0.2, 0.25) is 0 Å². The van der Waals surface area contributed by atoms with E-state index in [1.807, 2.05) is 13.8 Å². The molecule has 98 valence electrons. The molecule has 0 spiro atoms. The van der Waals surface area contributed by atoms with Crippen molar-refractivity contribution in [2.75, 3.05) is 5.43 Å². The number of carbonyl (C=O) groups is 1. The summed E-state index contributed by atoms with van der Waals surface area (Å²) < 4.78 is 13.5. The van der Waals surface area contributed by atoms with E-state index in [1.165, 1.54) is 12.1 Å². The summed E-state index contributed by atoms with van der Waals surface area (Å²) in [5.74, 6) is 4.92. The number of hydrogen-bond acceptors (Lipinski definition) is 3.